The van der Waals surface area contributed by atoms with Crippen molar-refractivity contribution < 1.29 is 4.42 Å². The van der Waals surface area contributed by atoms with Gasteiger partial charge in [-0.1, -0.05) is 36.4 Å². The second-order valence-corrected chi connectivity index (χ2v) is 5.07. The van der Waals surface area contributed by atoms with Crippen molar-refractivity contribution in [1.82, 2.24) is 9.78 Å². The monoisotopic (exact) mass is 277 g/mol. The molecular formula is C17H15N3O. The molecule has 4 aromatic rings. The molecule has 0 amide bonds. The number of para-hydroxylation sites is 2. The SMILES string of the molecule is NCc1c(Cn2ncc3ccccc32)oc2ccccc12. The second-order valence-electron chi connectivity index (χ2n) is 5.07. The van der Waals surface area contributed by atoms with E-state index in [2.05, 4.69) is 17.2 Å². The lowest BCUT2D eigenvalue weighted by atomic mass is 10.1. The van der Waals surface area contributed by atoms with E-state index in [0.29, 0.717) is 13.1 Å². The fourth-order valence-electron chi connectivity index (χ4n) is 2.79. The van der Waals surface area contributed by atoms with Crippen LogP contribution in [0.2, 0.25) is 0 Å². The molecule has 104 valence electrons. The maximum absolute atomic E-state index is 5.97. The molecule has 2 aromatic carbocycles. The highest BCUT2D eigenvalue weighted by molar-refractivity contribution is 5.82. The van der Waals surface area contributed by atoms with E-state index >= 15 is 0 Å². The second kappa shape index (κ2) is 4.75. The fourth-order valence-corrected chi connectivity index (χ4v) is 2.79. The summed E-state index contributed by atoms with van der Waals surface area (Å²) in [5, 5.41) is 6.67. The Labute approximate surface area is 121 Å². The summed E-state index contributed by atoms with van der Waals surface area (Å²) in [6, 6.07) is 16.1. The van der Waals surface area contributed by atoms with E-state index < -0.39 is 0 Å². The highest BCUT2D eigenvalue weighted by atomic mass is 16.3. The summed E-state index contributed by atoms with van der Waals surface area (Å²) >= 11 is 0. The predicted octanol–water partition coefficient (Wildman–Crippen LogP) is 3.29. The van der Waals surface area contributed by atoms with Crippen LogP contribution >= 0.6 is 0 Å². The van der Waals surface area contributed by atoms with Crippen LogP contribution in [0.3, 0.4) is 0 Å². The highest BCUT2D eigenvalue weighted by Crippen LogP contribution is 2.26. The summed E-state index contributed by atoms with van der Waals surface area (Å²) in [7, 11) is 0. The third kappa shape index (κ3) is 1.92. The Morgan fingerprint density at radius 1 is 1.05 bits per heavy atom. The van der Waals surface area contributed by atoms with Crippen LogP contribution < -0.4 is 5.73 Å². The average Bonchev–Trinajstić information content (AvgIpc) is 3.09. The van der Waals surface area contributed by atoms with E-state index in [0.717, 1.165) is 33.2 Å². The van der Waals surface area contributed by atoms with Gasteiger partial charge in [0.1, 0.15) is 11.3 Å². The maximum Gasteiger partial charge on any atom is 0.134 e. The zero-order valence-corrected chi connectivity index (χ0v) is 11.5. The van der Waals surface area contributed by atoms with Gasteiger partial charge in [-0.3, -0.25) is 4.68 Å². The number of nitrogens with zero attached hydrogens (tertiary/aromatic N) is 2. The number of aromatic nitrogens is 2. The van der Waals surface area contributed by atoms with Crippen LogP contribution in [0.25, 0.3) is 21.9 Å². The minimum Gasteiger partial charge on any atom is -0.459 e. The van der Waals surface area contributed by atoms with Crippen molar-refractivity contribution in [3.63, 3.8) is 0 Å². The molecule has 2 heterocycles. The normalized spacial score (nSPS) is 11.5. The van der Waals surface area contributed by atoms with Gasteiger partial charge in [-0.15, -0.1) is 0 Å². The third-order valence-corrected chi connectivity index (χ3v) is 3.83. The van der Waals surface area contributed by atoms with E-state index in [-0.39, 0.29) is 0 Å². The van der Waals surface area contributed by atoms with Crippen LogP contribution in [0, 0.1) is 0 Å². The maximum atomic E-state index is 5.97. The lowest BCUT2D eigenvalue weighted by Crippen LogP contribution is -2.05. The van der Waals surface area contributed by atoms with E-state index in [9.17, 15) is 0 Å². The van der Waals surface area contributed by atoms with Gasteiger partial charge in [0.2, 0.25) is 0 Å². The molecule has 2 N–H and O–H groups in total. The Balaban J connectivity index is 1.84. The predicted molar refractivity (Wildman–Crippen MR) is 82.9 cm³/mol. The molecule has 4 heteroatoms. The summed E-state index contributed by atoms with van der Waals surface area (Å²) in [4.78, 5) is 0. The third-order valence-electron chi connectivity index (χ3n) is 3.83. The summed E-state index contributed by atoms with van der Waals surface area (Å²) in [5.74, 6) is 0.882. The zero-order chi connectivity index (χ0) is 14.2. The molecule has 0 atom stereocenters. The first-order valence-corrected chi connectivity index (χ1v) is 6.97. The van der Waals surface area contributed by atoms with E-state index in [4.69, 9.17) is 10.2 Å². The zero-order valence-electron chi connectivity index (χ0n) is 11.5. The van der Waals surface area contributed by atoms with Crippen LogP contribution in [0.4, 0.5) is 0 Å². The number of rotatable bonds is 3. The van der Waals surface area contributed by atoms with E-state index in [1.165, 1.54) is 0 Å². The molecule has 0 fully saturated rings. The number of hydrogen-bond donors (Lipinski definition) is 1. The number of fused-ring (bicyclic) bond motifs is 2. The van der Waals surface area contributed by atoms with Crippen molar-refractivity contribution in [2.45, 2.75) is 13.1 Å². The molecule has 0 bridgehead atoms. The van der Waals surface area contributed by atoms with Crippen LogP contribution in [0.1, 0.15) is 11.3 Å². The molecule has 21 heavy (non-hydrogen) atoms. The Morgan fingerprint density at radius 3 is 2.76 bits per heavy atom. The minimum atomic E-state index is 0.464. The molecule has 0 spiro atoms. The Morgan fingerprint density at radius 2 is 1.86 bits per heavy atom. The molecule has 0 aliphatic rings. The van der Waals surface area contributed by atoms with Gasteiger partial charge in [-0.05, 0) is 12.1 Å². The van der Waals surface area contributed by atoms with Crippen molar-refractivity contribution in [1.29, 1.82) is 0 Å². The Bertz CT molecular complexity index is 920. The molecule has 0 saturated carbocycles. The smallest absolute Gasteiger partial charge is 0.134 e. The highest BCUT2D eigenvalue weighted by Gasteiger charge is 2.14. The topological polar surface area (TPSA) is 57.0 Å². The van der Waals surface area contributed by atoms with Crippen molar-refractivity contribution >= 4 is 21.9 Å². The molecule has 4 rings (SSSR count). The van der Waals surface area contributed by atoms with Gasteiger partial charge in [-0.2, -0.15) is 5.10 Å². The van der Waals surface area contributed by atoms with Crippen molar-refractivity contribution in [2.75, 3.05) is 0 Å². The first-order valence-electron chi connectivity index (χ1n) is 6.97. The molecule has 0 aliphatic carbocycles. The van der Waals surface area contributed by atoms with Crippen LogP contribution in [-0.2, 0) is 13.1 Å². The summed E-state index contributed by atoms with van der Waals surface area (Å²) < 4.78 is 7.92. The number of nitrogens with two attached hydrogens (primary N) is 1. The van der Waals surface area contributed by atoms with Crippen LogP contribution in [-0.4, -0.2) is 9.78 Å². The quantitative estimate of drug-likeness (QED) is 0.625. The van der Waals surface area contributed by atoms with E-state index in [1.54, 1.807) is 0 Å². The van der Waals surface area contributed by atoms with Gasteiger partial charge in [0, 0.05) is 22.9 Å². The molecule has 0 unspecified atom stereocenters. The van der Waals surface area contributed by atoms with Gasteiger partial charge in [-0.25, -0.2) is 0 Å². The molecular weight excluding hydrogens is 262 g/mol. The van der Waals surface area contributed by atoms with Gasteiger partial charge >= 0.3 is 0 Å². The molecule has 2 aromatic heterocycles. The van der Waals surface area contributed by atoms with Crippen molar-refractivity contribution in [2.24, 2.45) is 5.73 Å². The Hall–Kier alpha value is -2.59. The number of hydrogen-bond acceptors (Lipinski definition) is 3. The lowest BCUT2D eigenvalue weighted by molar-refractivity contribution is 0.509. The summed E-state index contributed by atoms with van der Waals surface area (Å²) in [5.41, 5.74) is 8.95. The average molecular weight is 277 g/mol. The largest absolute Gasteiger partial charge is 0.459 e. The number of furan rings is 1. The van der Waals surface area contributed by atoms with Gasteiger partial charge in [0.15, 0.2) is 0 Å². The van der Waals surface area contributed by atoms with Gasteiger partial charge < -0.3 is 10.2 Å². The molecule has 0 saturated heterocycles. The van der Waals surface area contributed by atoms with Gasteiger partial charge in [0.25, 0.3) is 0 Å². The molecule has 0 radical (unpaired) electrons. The Kier molecular flexibility index (Phi) is 2.75. The molecule has 0 aliphatic heterocycles. The minimum absolute atomic E-state index is 0.464. The summed E-state index contributed by atoms with van der Waals surface area (Å²) in [6.07, 6.45) is 1.88. The standard InChI is InChI=1S/C17H15N3O/c18-9-14-13-6-2-4-8-16(13)21-17(14)11-20-15-7-3-1-5-12(15)10-19-20/h1-8,10H,9,11,18H2. The van der Waals surface area contributed by atoms with Gasteiger partial charge in [0.05, 0.1) is 18.3 Å². The van der Waals surface area contributed by atoms with E-state index in [1.807, 2.05) is 47.3 Å². The molecule has 4 nitrogen and oxygen atoms in total. The number of benzene rings is 2. The first kappa shape index (κ1) is 12.2. The first-order chi connectivity index (χ1) is 10.4. The van der Waals surface area contributed by atoms with Crippen molar-refractivity contribution in [3.8, 4) is 0 Å². The fraction of sp³-hybridized carbons (Fsp3) is 0.118. The summed E-state index contributed by atoms with van der Waals surface area (Å²) in [6.45, 7) is 1.06. The van der Waals surface area contributed by atoms with Crippen LogP contribution in [0.15, 0.2) is 59.1 Å². The van der Waals surface area contributed by atoms with Crippen LogP contribution in [0.5, 0.6) is 0 Å². The van der Waals surface area contributed by atoms with Crippen molar-refractivity contribution in [3.05, 3.63) is 66.1 Å². The lowest BCUT2D eigenvalue weighted by Gasteiger charge is -2.03.